The van der Waals surface area contributed by atoms with Crippen LogP contribution in [0.15, 0.2) is 61.2 Å². The largest absolute Gasteiger partial charge is 0.337 e. The number of carbonyl (C=O) groups excluding carboxylic acids is 1. The van der Waals surface area contributed by atoms with Gasteiger partial charge in [-0.3, -0.25) is 9.69 Å². The maximum Gasteiger partial charge on any atom is 0.260 e. The number of hydrogen-bond donors (Lipinski definition) is 0. The maximum atomic E-state index is 14.1. The number of aryl methyl sites for hydroxylation is 1. The van der Waals surface area contributed by atoms with Crippen LogP contribution < -0.4 is 4.90 Å². The van der Waals surface area contributed by atoms with Crippen molar-refractivity contribution in [2.24, 2.45) is 0 Å². The molecule has 0 spiro atoms. The highest BCUT2D eigenvalue weighted by Crippen LogP contribution is 2.31. The maximum absolute atomic E-state index is 14.1. The second-order valence-electron chi connectivity index (χ2n) is 6.38. The zero-order valence-corrected chi connectivity index (χ0v) is 16.1. The molecule has 0 unspecified atom stereocenters. The van der Waals surface area contributed by atoms with E-state index in [2.05, 4.69) is 9.97 Å². The van der Waals surface area contributed by atoms with Crippen molar-refractivity contribution < 1.29 is 9.18 Å². The number of thiazole rings is 1. The number of hydrogen-bond acceptors (Lipinski definition) is 5. The summed E-state index contributed by atoms with van der Waals surface area (Å²) in [6, 6.07) is 13.3. The molecule has 0 radical (unpaired) electrons. The molecule has 8 heteroatoms. The summed E-state index contributed by atoms with van der Waals surface area (Å²) in [4.78, 5) is 23.2. The van der Waals surface area contributed by atoms with Crippen molar-refractivity contribution in [2.45, 2.75) is 13.0 Å². The van der Waals surface area contributed by atoms with Crippen LogP contribution in [0, 0.1) is 17.1 Å². The van der Waals surface area contributed by atoms with E-state index in [1.807, 2.05) is 16.8 Å². The Bertz CT molecular complexity index is 1180. The van der Waals surface area contributed by atoms with Crippen molar-refractivity contribution in [3.8, 4) is 6.07 Å². The molecule has 0 fully saturated rings. The van der Waals surface area contributed by atoms with Crippen molar-refractivity contribution in [3.05, 3.63) is 78.1 Å². The summed E-state index contributed by atoms with van der Waals surface area (Å²) in [5.41, 5.74) is 1.20. The third kappa shape index (κ3) is 4.00. The number of amides is 1. The molecule has 0 saturated carbocycles. The Morgan fingerprint density at radius 1 is 1.24 bits per heavy atom. The number of aromatic nitrogens is 3. The number of rotatable bonds is 6. The molecule has 1 amide bonds. The van der Waals surface area contributed by atoms with Gasteiger partial charge in [0.1, 0.15) is 11.3 Å². The summed E-state index contributed by atoms with van der Waals surface area (Å²) in [5, 5.41) is 9.42. The van der Waals surface area contributed by atoms with E-state index in [1.165, 1.54) is 17.4 Å². The van der Waals surface area contributed by atoms with Crippen LogP contribution >= 0.6 is 11.3 Å². The fourth-order valence-corrected chi connectivity index (χ4v) is 3.98. The molecule has 2 heterocycles. The molecular formula is C21H16FN5OS. The number of halogens is 1. The molecule has 0 aliphatic carbocycles. The number of benzene rings is 2. The van der Waals surface area contributed by atoms with Gasteiger partial charge in [-0.2, -0.15) is 5.26 Å². The summed E-state index contributed by atoms with van der Waals surface area (Å²) >= 11 is 1.28. The van der Waals surface area contributed by atoms with Gasteiger partial charge in [0.25, 0.3) is 5.91 Å². The second-order valence-corrected chi connectivity index (χ2v) is 7.39. The lowest BCUT2D eigenvalue weighted by Crippen LogP contribution is -2.32. The monoisotopic (exact) mass is 405 g/mol. The number of nitrogens with zero attached hydrogens (tertiary/aromatic N) is 5. The van der Waals surface area contributed by atoms with E-state index < -0.39 is 5.82 Å². The van der Waals surface area contributed by atoms with Crippen LogP contribution in [-0.4, -0.2) is 27.0 Å². The molecule has 0 bridgehead atoms. The van der Waals surface area contributed by atoms with Crippen molar-refractivity contribution in [1.82, 2.24) is 14.5 Å². The Balaban J connectivity index is 1.64. The molecule has 6 nitrogen and oxygen atoms in total. The number of carbonyl (C=O) groups is 1. The minimum Gasteiger partial charge on any atom is -0.337 e. The van der Waals surface area contributed by atoms with E-state index in [4.69, 9.17) is 5.26 Å². The average molecular weight is 405 g/mol. The van der Waals surface area contributed by atoms with Crippen molar-refractivity contribution in [2.75, 3.05) is 11.4 Å². The first-order valence-electron chi connectivity index (χ1n) is 8.98. The van der Waals surface area contributed by atoms with Crippen LogP contribution in [0.4, 0.5) is 9.52 Å². The van der Waals surface area contributed by atoms with Crippen LogP contribution in [0.5, 0.6) is 0 Å². The normalized spacial score (nSPS) is 10.8. The van der Waals surface area contributed by atoms with Gasteiger partial charge in [0.2, 0.25) is 0 Å². The van der Waals surface area contributed by atoms with Gasteiger partial charge in [0.15, 0.2) is 5.13 Å². The Morgan fingerprint density at radius 3 is 2.76 bits per heavy atom. The summed E-state index contributed by atoms with van der Waals surface area (Å²) < 4.78 is 16.7. The second kappa shape index (κ2) is 8.20. The zero-order valence-electron chi connectivity index (χ0n) is 15.3. The predicted octanol–water partition coefficient (Wildman–Crippen LogP) is 4.24. The lowest BCUT2D eigenvalue weighted by Gasteiger charge is -2.20. The minimum absolute atomic E-state index is 0.236. The SMILES string of the molecule is N#Cc1ccc(C(=O)N(CCCn2ccnc2)c2nc3c(F)cccc3s2)cc1. The number of imidazole rings is 1. The molecule has 2 aromatic heterocycles. The number of para-hydroxylation sites is 1. The van der Waals surface area contributed by atoms with Crippen LogP contribution in [0.2, 0.25) is 0 Å². The first-order valence-corrected chi connectivity index (χ1v) is 9.80. The van der Waals surface area contributed by atoms with Gasteiger partial charge in [0.05, 0.1) is 22.7 Å². The average Bonchev–Trinajstić information content (AvgIpc) is 3.41. The van der Waals surface area contributed by atoms with Gasteiger partial charge in [-0.1, -0.05) is 17.4 Å². The smallest absolute Gasteiger partial charge is 0.260 e. The lowest BCUT2D eigenvalue weighted by atomic mass is 10.1. The van der Waals surface area contributed by atoms with Gasteiger partial charge in [-0.15, -0.1) is 0 Å². The fraction of sp³-hybridized carbons (Fsp3) is 0.143. The Kier molecular flexibility index (Phi) is 5.31. The van der Waals surface area contributed by atoms with Gasteiger partial charge in [0, 0.05) is 31.0 Å². The molecule has 0 aliphatic rings. The van der Waals surface area contributed by atoms with E-state index in [0.717, 1.165) is 0 Å². The van der Waals surface area contributed by atoms with Crippen LogP contribution in [0.25, 0.3) is 10.2 Å². The molecule has 4 aromatic rings. The third-order valence-electron chi connectivity index (χ3n) is 4.45. The van der Waals surface area contributed by atoms with Crippen molar-refractivity contribution >= 4 is 32.6 Å². The van der Waals surface area contributed by atoms with E-state index >= 15 is 0 Å². The summed E-state index contributed by atoms with van der Waals surface area (Å²) in [6.45, 7) is 1.11. The van der Waals surface area contributed by atoms with Gasteiger partial charge < -0.3 is 4.57 Å². The highest BCUT2D eigenvalue weighted by atomic mass is 32.1. The highest BCUT2D eigenvalue weighted by Gasteiger charge is 2.22. The molecule has 0 saturated heterocycles. The Labute approximate surface area is 170 Å². The molecule has 29 heavy (non-hydrogen) atoms. The Morgan fingerprint density at radius 2 is 2.07 bits per heavy atom. The first-order chi connectivity index (χ1) is 14.2. The molecule has 2 aromatic carbocycles. The minimum atomic E-state index is -0.408. The highest BCUT2D eigenvalue weighted by molar-refractivity contribution is 7.22. The number of anilines is 1. The fourth-order valence-electron chi connectivity index (χ4n) is 2.98. The molecule has 4 rings (SSSR count). The first kappa shape index (κ1) is 18.8. The van der Waals surface area contributed by atoms with Crippen molar-refractivity contribution in [1.29, 1.82) is 5.26 Å². The number of nitriles is 1. The van der Waals surface area contributed by atoms with E-state index in [9.17, 15) is 9.18 Å². The van der Waals surface area contributed by atoms with E-state index in [0.29, 0.717) is 40.5 Å². The van der Waals surface area contributed by atoms with Gasteiger partial charge in [-0.25, -0.2) is 14.4 Å². The van der Waals surface area contributed by atoms with E-state index in [1.54, 1.807) is 53.8 Å². The standard InChI is InChI=1S/C21H16FN5OS/c22-17-3-1-4-18-19(17)25-21(29-18)27(11-2-10-26-12-9-24-14-26)20(28)16-7-5-15(13-23)6-8-16/h1,3-9,12,14H,2,10-11H2. The van der Waals surface area contributed by atoms with Crippen LogP contribution in [-0.2, 0) is 6.54 Å². The molecule has 0 aliphatic heterocycles. The third-order valence-corrected chi connectivity index (χ3v) is 5.50. The zero-order chi connectivity index (χ0) is 20.2. The summed E-state index contributed by atoms with van der Waals surface area (Å²) in [6.07, 6.45) is 5.96. The molecular weight excluding hydrogens is 389 g/mol. The number of fused-ring (bicyclic) bond motifs is 1. The topological polar surface area (TPSA) is 74.8 Å². The quantitative estimate of drug-likeness (QED) is 0.481. The summed E-state index contributed by atoms with van der Waals surface area (Å²) in [7, 11) is 0. The van der Waals surface area contributed by atoms with Crippen LogP contribution in [0.1, 0.15) is 22.3 Å². The predicted molar refractivity (Wildman–Crippen MR) is 109 cm³/mol. The van der Waals surface area contributed by atoms with Crippen molar-refractivity contribution in [3.63, 3.8) is 0 Å². The van der Waals surface area contributed by atoms with E-state index in [-0.39, 0.29) is 11.4 Å². The van der Waals surface area contributed by atoms with Crippen LogP contribution in [0.3, 0.4) is 0 Å². The lowest BCUT2D eigenvalue weighted by molar-refractivity contribution is 0.0986. The molecule has 0 atom stereocenters. The molecule has 144 valence electrons. The Hall–Kier alpha value is -3.57. The summed E-state index contributed by atoms with van der Waals surface area (Å²) in [5.74, 6) is -0.645. The van der Waals surface area contributed by atoms with Gasteiger partial charge in [-0.05, 0) is 42.8 Å². The van der Waals surface area contributed by atoms with Gasteiger partial charge >= 0.3 is 0 Å². The molecule has 0 N–H and O–H groups in total.